The Morgan fingerprint density at radius 3 is 2.88 bits per heavy atom. The molecule has 0 bridgehead atoms. The molecule has 6 rings (SSSR count). The van der Waals surface area contributed by atoms with Crippen LogP contribution in [0.4, 0.5) is 16.2 Å². The molecule has 0 aromatic carbocycles. The number of nitrogens with zero attached hydrogens (tertiary/aromatic N) is 6. The van der Waals surface area contributed by atoms with Crippen molar-refractivity contribution in [1.29, 1.82) is 0 Å². The third kappa shape index (κ3) is 4.72. The van der Waals surface area contributed by atoms with E-state index in [1.165, 1.54) is 17.8 Å². The number of aryl methyl sites for hydroxylation is 1. The molecule has 6 heterocycles. The molecule has 2 N–H and O–H groups in total. The lowest BCUT2D eigenvalue weighted by Gasteiger charge is -2.36. The van der Waals surface area contributed by atoms with Gasteiger partial charge < -0.3 is 20.3 Å². The van der Waals surface area contributed by atoms with Gasteiger partial charge in [0, 0.05) is 49.2 Å². The maximum Gasteiger partial charge on any atom is 0.327 e. The van der Waals surface area contributed by atoms with Crippen LogP contribution in [0.2, 0.25) is 0 Å². The Hall–Kier alpha value is -4.52. The molecule has 3 aromatic rings. The Bertz CT molecular complexity index is 1500. The van der Waals surface area contributed by atoms with Crippen molar-refractivity contribution in [2.24, 2.45) is 0 Å². The standard InChI is InChI=1S/C27H26N8O4S/c1-3-21(36)34-11-5-6-16(14-34)31-25(37)24-23-22-17(8-10-28-26(22)40-24)35(27(38)32-23)18-13-29-20(12-15(18)2)39-19-7-4-9-30-33-19/h3-4,7-10,12-13,16,23-24H,1,5-6,11,14H2,2H3,(H,31,37)(H,32,38)/t16?,23?,24-/m1/s1. The van der Waals surface area contributed by atoms with E-state index >= 15 is 0 Å². The molecule has 3 aromatic heterocycles. The summed E-state index contributed by atoms with van der Waals surface area (Å²) in [5.74, 6) is 0.282. The quantitative estimate of drug-likeness (QED) is 0.437. The first-order valence-electron chi connectivity index (χ1n) is 12.8. The number of nitrogens with one attached hydrogen (secondary N) is 2. The van der Waals surface area contributed by atoms with Crippen LogP contribution in [0.25, 0.3) is 0 Å². The van der Waals surface area contributed by atoms with Crippen molar-refractivity contribution in [2.45, 2.75) is 42.1 Å². The molecule has 204 valence electrons. The molecule has 0 radical (unpaired) electrons. The summed E-state index contributed by atoms with van der Waals surface area (Å²) in [6, 6.07) is 5.79. The van der Waals surface area contributed by atoms with E-state index in [1.807, 2.05) is 6.92 Å². The van der Waals surface area contributed by atoms with Crippen molar-refractivity contribution in [3.8, 4) is 11.8 Å². The van der Waals surface area contributed by atoms with E-state index in [9.17, 15) is 14.4 Å². The Kier molecular flexibility index (Phi) is 6.80. The SMILES string of the molecule is C=CC(=O)N1CCCC(NC(=O)[C@@H]2Sc3nccc4c3C2NC(=O)N4c2cnc(Oc3cccnn3)cc2C)C1. The summed E-state index contributed by atoms with van der Waals surface area (Å²) in [5, 5.41) is 13.9. The zero-order valence-electron chi connectivity index (χ0n) is 21.6. The van der Waals surface area contributed by atoms with Crippen LogP contribution < -0.4 is 20.3 Å². The number of thioether (sulfide) groups is 1. The fourth-order valence-corrected chi connectivity index (χ4v) is 6.47. The zero-order chi connectivity index (χ0) is 27.8. The second kappa shape index (κ2) is 10.6. The van der Waals surface area contributed by atoms with Gasteiger partial charge in [-0.25, -0.2) is 14.8 Å². The first kappa shape index (κ1) is 25.7. The molecule has 2 unspecified atom stereocenters. The molecule has 1 saturated heterocycles. The highest BCUT2D eigenvalue weighted by atomic mass is 32.2. The Morgan fingerprint density at radius 2 is 2.10 bits per heavy atom. The number of ether oxygens (including phenoxy) is 1. The van der Waals surface area contributed by atoms with E-state index < -0.39 is 11.3 Å². The Labute approximate surface area is 234 Å². The van der Waals surface area contributed by atoms with Gasteiger partial charge in [0.05, 0.1) is 23.6 Å². The van der Waals surface area contributed by atoms with Gasteiger partial charge in [0.2, 0.25) is 23.6 Å². The van der Waals surface area contributed by atoms with Crippen LogP contribution in [0, 0.1) is 6.92 Å². The molecule has 12 nitrogen and oxygen atoms in total. The van der Waals surface area contributed by atoms with Crippen molar-refractivity contribution < 1.29 is 19.1 Å². The number of anilines is 2. The topological polar surface area (TPSA) is 143 Å². The average molecular weight is 559 g/mol. The molecule has 4 amide bonds. The summed E-state index contributed by atoms with van der Waals surface area (Å²) in [7, 11) is 0. The first-order valence-corrected chi connectivity index (χ1v) is 13.7. The summed E-state index contributed by atoms with van der Waals surface area (Å²) >= 11 is 1.33. The van der Waals surface area contributed by atoms with Gasteiger partial charge in [-0.05, 0) is 43.5 Å². The maximum atomic E-state index is 13.5. The molecule has 40 heavy (non-hydrogen) atoms. The summed E-state index contributed by atoms with van der Waals surface area (Å²) in [5.41, 5.74) is 2.76. The molecule has 1 fully saturated rings. The maximum absolute atomic E-state index is 13.5. The minimum absolute atomic E-state index is 0.145. The number of aromatic nitrogens is 4. The van der Waals surface area contributed by atoms with E-state index in [2.05, 4.69) is 37.4 Å². The van der Waals surface area contributed by atoms with Crippen molar-refractivity contribution in [2.75, 3.05) is 18.0 Å². The van der Waals surface area contributed by atoms with Gasteiger partial charge in [-0.3, -0.25) is 14.5 Å². The highest BCUT2D eigenvalue weighted by Gasteiger charge is 2.47. The number of carbonyl (C=O) groups excluding carboxylic acids is 3. The number of piperidine rings is 1. The van der Waals surface area contributed by atoms with E-state index in [4.69, 9.17) is 4.74 Å². The highest BCUT2D eigenvalue weighted by molar-refractivity contribution is 8.01. The summed E-state index contributed by atoms with van der Waals surface area (Å²) in [6.07, 6.45) is 7.61. The molecule has 0 aliphatic carbocycles. The van der Waals surface area contributed by atoms with E-state index in [1.54, 1.807) is 52.7 Å². The normalized spacial score (nSPS) is 21.3. The van der Waals surface area contributed by atoms with Gasteiger partial charge in [0.25, 0.3) is 0 Å². The van der Waals surface area contributed by atoms with Gasteiger partial charge >= 0.3 is 6.03 Å². The Morgan fingerprint density at radius 1 is 1.23 bits per heavy atom. The highest BCUT2D eigenvalue weighted by Crippen LogP contribution is 2.51. The third-order valence-corrected chi connectivity index (χ3v) is 8.36. The summed E-state index contributed by atoms with van der Waals surface area (Å²) in [4.78, 5) is 51.2. The van der Waals surface area contributed by atoms with Crippen LogP contribution in [-0.4, -0.2) is 67.3 Å². The van der Waals surface area contributed by atoms with E-state index in [0.717, 1.165) is 24.0 Å². The van der Waals surface area contributed by atoms with Gasteiger partial charge in [-0.15, -0.1) is 5.10 Å². The fourth-order valence-electron chi connectivity index (χ4n) is 5.23. The van der Waals surface area contributed by atoms with Crippen LogP contribution in [0.5, 0.6) is 11.8 Å². The third-order valence-electron chi connectivity index (χ3n) is 7.07. The lowest BCUT2D eigenvalue weighted by molar-refractivity contribution is -0.129. The molecular weight excluding hydrogens is 532 g/mol. The van der Waals surface area contributed by atoms with Gasteiger partial charge in [-0.2, -0.15) is 5.10 Å². The molecule has 0 saturated carbocycles. The van der Waals surface area contributed by atoms with Crippen molar-refractivity contribution in [1.82, 2.24) is 35.7 Å². The summed E-state index contributed by atoms with van der Waals surface area (Å²) < 4.78 is 5.68. The number of pyridine rings is 2. The number of hydrogen-bond acceptors (Lipinski definition) is 9. The van der Waals surface area contributed by atoms with Gasteiger partial charge in [0.15, 0.2) is 0 Å². The molecule has 3 atom stereocenters. The largest absolute Gasteiger partial charge is 0.419 e. The monoisotopic (exact) mass is 558 g/mol. The molecule has 3 aliphatic heterocycles. The number of rotatable bonds is 6. The van der Waals surface area contributed by atoms with Gasteiger partial charge in [0.1, 0.15) is 10.3 Å². The second-order valence-corrected chi connectivity index (χ2v) is 10.8. The lowest BCUT2D eigenvalue weighted by atomic mass is 9.99. The Balaban J connectivity index is 1.23. The van der Waals surface area contributed by atoms with Crippen LogP contribution in [0.15, 0.2) is 60.5 Å². The zero-order valence-corrected chi connectivity index (χ0v) is 22.4. The minimum atomic E-state index is -0.595. The molecule has 13 heteroatoms. The number of amides is 4. The molecule has 3 aliphatic rings. The van der Waals surface area contributed by atoms with Crippen LogP contribution in [0.1, 0.15) is 30.0 Å². The molecule has 0 spiro atoms. The van der Waals surface area contributed by atoms with Crippen molar-refractivity contribution >= 4 is 41.0 Å². The van der Waals surface area contributed by atoms with Crippen LogP contribution in [-0.2, 0) is 9.59 Å². The number of urea groups is 1. The van der Waals surface area contributed by atoms with Crippen LogP contribution >= 0.6 is 11.8 Å². The smallest absolute Gasteiger partial charge is 0.327 e. The minimum Gasteiger partial charge on any atom is -0.419 e. The van der Waals surface area contributed by atoms with E-state index in [0.29, 0.717) is 41.3 Å². The lowest BCUT2D eigenvalue weighted by Crippen LogP contribution is -2.53. The van der Waals surface area contributed by atoms with Crippen molar-refractivity contribution in [3.05, 3.63) is 66.6 Å². The van der Waals surface area contributed by atoms with E-state index in [-0.39, 0.29) is 23.9 Å². The number of hydrogen-bond donors (Lipinski definition) is 2. The fraction of sp³-hybridized carbons (Fsp3) is 0.296. The van der Waals surface area contributed by atoms with Crippen molar-refractivity contribution in [3.63, 3.8) is 0 Å². The van der Waals surface area contributed by atoms with Gasteiger partial charge in [-0.1, -0.05) is 18.3 Å². The molecular formula is C27H26N8O4S. The van der Waals surface area contributed by atoms with Crippen LogP contribution in [0.3, 0.4) is 0 Å². The first-order chi connectivity index (χ1) is 19.4. The predicted octanol–water partition coefficient (Wildman–Crippen LogP) is 3.04. The number of carbonyl (C=O) groups is 3. The second-order valence-electron chi connectivity index (χ2n) is 9.66. The average Bonchev–Trinajstić information content (AvgIpc) is 3.33. The summed E-state index contributed by atoms with van der Waals surface area (Å²) in [6.45, 7) is 6.49. The number of likely N-dealkylation sites (tertiary alicyclic amines) is 1. The predicted molar refractivity (Wildman–Crippen MR) is 146 cm³/mol.